The zero-order chi connectivity index (χ0) is 11.8. The van der Waals surface area contributed by atoms with E-state index in [0.717, 1.165) is 24.6 Å². The standard InChI is InChI=1S/C12H20N2OS/c1-3-5-14(6-4-2)12(15)11-13-7-9-16-10-8-13/h3-4H,1-2,5-11H2. The summed E-state index contributed by atoms with van der Waals surface area (Å²) in [6.45, 7) is 11.1. The molecule has 1 fully saturated rings. The van der Waals surface area contributed by atoms with Crippen LogP contribution in [-0.2, 0) is 4.79 Å². The van der Waals surface area contributed by atoms with Crippen molar-refractivity contribution in [1.29, 1.82) is 0 Å². The lowest BCUT2D eigenvalue weighted by molar-refractivity contribution is -0.131. The van der Waals surface area contributed by atoms with Crippen LogP contribution < -0.4 is 0 Å². The Labute approximate surface area is 102 Å². The number of carbonyl (C=O) groups excluding carboxylic acids is 1. The molecule has 1 rings (SSSR count). The van der Waals surface area contributed by atoms with Gasteiger partial charge in [-0.25, -0.2) is 0 Å². The number of hydrogen-bond donors (Lipinski definition) is 0. The lowest BCUT2D eigenvalue weighted by atomic mass is 10.3. The van der Waals surface area contributed by atoms with E-state index in [-0.39, 0.29) is 5.91 Å². The second-order valence-corrected chi connectivity index (χ2v) is 4.99. The first-order valence-corrected chi connectivity index (χ1v) is 6.73. The van der Waals surface area contributed by atoms with Crippen LogP contribution in [0.4, 0.5) is 0 Å². The third-order valence-corrected chi connectivity index (χ3v) is 3.46. The number of rotatable bonds is 6. The summed E-state index contributed by atoms with van der Waals surface area (Å²) in [5.41, 5.74) is 0. The molecule has 0 N–H and O–H groups in total. The lowest BCUT2D eigenvalue weighted by Crippen LogP contribution is -2.43. The second kappa shape index (κ2) is 7.52. The molecule has 0 radical (unpaired) electrons. The molecule has 1 aliphatic rings. The highest BCUT2D eigenvalue weighted by atomic mass is 32.2. The summed E-state index contributed by atoms with van der Waals surface area (Å²) in [5.74, 6) is 2.44. The quantitative estimate of drug-likeness (QED) is 0.653. The molecule has 0 unspecified atom stereocenters. The van der Waals surface area contributed by atoms with Gasteiger partial charge in [0.15, 0.2) is 0 Å². The fourth-order valence-electron chi connectivity index (χ4n) is 1.64. The Morgan fingerprint density at radius 3 is 2.31 bits per heavy atom. The van der Waals surface area contributed by atoms with Crippen molar-refractivity contribution in [1.82, 2.24) is 9.80 Å². The normalized spacial score (nSPS) is 16.8. The predicted molar refractivity (Wildman–Crippen MR) is 70.7 cm³/mol. The van der Waals surface area contributed by atoms with Crippen LogP contribution >= 0.6 is 11.8 Å². The van der Waals surface area contributed by atoms with E-state index in [0.29, 0.717) is 19.6 Å². The minimum Gasteiger partial charge on any atom is -0.334 e. The van der Waals surface area contributed by atoms with Gasteiger partial charge in [0.1, 0.15) is 0 Å². The largest absolute Gasteiger partial charge is 0.334 e. The Hall–Kier alpha value is -0.740. The molecule has 0 spiro atoms. The molecule has 1 aliphatic heterocycles. The van der Waals surface area contributed by atoms with Crippen LogP contribution in [-0.4, -0.2) is 59.9 Å². The molecule has 0 saturated carbocycles. The molecule has 0 aromatic rings. The van der Waals surface area contributed by atoms with E-state index in [4.69, 9.17) is 0 Å². The van der Waals surface area contributed by atoms with Crippen molar-refractivity contribution in [2.45, 2.75) is 0 Å². The third kappa shape index (κ3) is 4.41. The van der Waals surface area contributed by atoms with Gasteiger partial charge in [-0.05, 0) is 0 Å². The van der Waals surface area contributed by atoms with Gasteiger partial charge < -0.3 is 4.90 Å². The number of hydrogen-bond acceptors (Lipinski definition) is 3. The fourth-order valence-corrected chi connectivity index (χ4v) is 2.62. The first kappa shape index (κ1) is 13.3. The second-order valence-electron chi connectivity index (χ2n) is 3.76. The SMILES string of the molecule is C=CCN(CC=C)C(=O)CN1CCSCC1. The Bertz CT molecular complexity index is 239. The molecule has 0 bridgehead atoms. The van der Waals surface area contributed by atoms with Gasteiger partial charge in [0.25, 0.3) is 0 Å². The third-order valence-electron chi connectivity index (χ3n) is 2.51. The van der Waals surface area contributed by atoms with E-state index in [1.807, 2.05) is 11.8 Å². The smallest absolute Gasteiger partial charge is 0.237 e. The van der Waals surface area contributed by atoms with E-state index in [9.17, 15) is 4.79 Å². The zero-order valence-corrected chi connectivity index (χ0v) is 10.5. The van der Waals surface area contributed by atoms with Gasteiger partial charge in [0.05, 0.1) is 6.54 Å². The maximum Gasteiger partial charge on any atom is 0.237 e. The summed E-state index contributed by atoms with van der Waals surface area (Å²) in [4.78, 5) is 16.0. The average molecular weight is 240 g/mol. The molecular weight excluding hydrogens is 220 g/mol. The number of carbonyl (C=O) groups is 1. The summed E-state index contributed by atoms with van der Waals surface area (Å²) in [6.07, 6.45) is 3.51. The molecule has 0 atom stereocenters. The highest BCUT2D eigenvalue weighted by Gasteiger charge is 2.17. The monoisotopic (exact) mass is 240 g/mol. The summed E-state index contributed by atoms with van der Waals surface area (Å²) in [5, 5.41) is 0. The molecule has 0 aromatic heterocycles. The van der Waals surface area contributed by atoms with Gasteiger partial charge in [0, 0.05) is 37.7 Å². The first-order valence-electron chi connectivity index (χ1n) is 5.57. The van der Waals surface area contributed by atoms with Crippen molar-refractivity contribution in [2.24, 2.45) is 0 Å². The molecule has 16 heavy (non-hydrogen) atoms. The van der Waals surface area contributed by atoms with Crippen molar-refractivity contribution in [3.63, 3.8) is 0 Å². The van der Waals surface area contributed by atoms with E-state index in [1.54, 1.807) is 17.1 Å². The Kier molecular flexibility index (Phi) is 6.26. The van der Waals surface area contributed by atoms with Crippen molar-refractivity contribution < 1.29 is 4.79 Å². The summed E-state index contributed by atoms with van der Waals surface area (Å²) < 4.78 is 0. The molecule has 90 valence electrons. The maximum absolute atomic E-state index is 12.0. The van der Waals surface area contributed by atoms with Gasteiger partial charge in [-0.2, -0.15) is 11.8 Å². The van der Waals surface area contributed by atoms with Gasteiger partial charge in [-0.1, -0.05) is 12.2 Å². The lowest BCUT2D eigenvalue weighted by Gasteiger charge is -2.28. The van der Waals surface area contributed by atoms with E-state index in [1.165, 1.54) is 0 Å². The molecular formula is C12H20N2OS. The minimum atomic E-state index is 0.173. The van der Waals surface area contributed by atoms with Gasteiger partial charge in [-0.15, -0.1) is 13.2 Å². The first-order chi connectivity index (χ1) is 7.77. The Balaban J connectivity index is 2.39. The van der Waals surface area contributed by atoms with Crippen LogP contribution in [0.15, 0.2) is 25.3 Å². The Morgan fingerprint density at radius 2 is 1.81 bits per heavy atom. The molecule has 0 aliphatic carbocycles. The highest BCUT2D eigenvalue weighted by molar-refractivity contribution is 7.99. The molecule has 1 amide bonds. The Morgan fingerprint density at radius 1 is 1.25 bits per heavy atom. The summed E-state index contributed by atoms with van der Waals surface area (Å²) >= 11 is 1.96. The predicted octanol–water partition coefficient (Wildman–Crippen LogP) is 1.24. The van der Waals surface area contributed by atoms with E-state index < -0.39 is 0 Å². The van der Waals surface area contributed by atoms with Crippen LogP contribution in [0, 0.1) is 0 Å². The van der Waals surface area contributed by atoms with Crippen molar-refractivity contribution in [2.75, 3.05) is 44.2 Å². The number of nitrogens with zero attached hydrogens (tertiary/aromatic N) is 2. The summed E-state index contributed by atoms with van der Waals surface area (Å²) in [6, 6.07) is 0. The number of thioether (sulfide) groups is 1. The zero-order valence-electron chi connectivity index (χ0n) is 9.73. The van der Waals surface area contributed by atoms with Crippen LogP contribution in [0.1, 0.15) is 0 Å². The van der Waals surface area contributed by atoms with E-state index >= 15 is 0 Å². The summed E-state index contributed by atoms with van der Waals surface area (Å²) in [7, 11) is 0. The molecule has 1 saturated heterocycles. The van der Waals surface area contributed by atoms with Crippen molar-refractivity contribution >= 4 is 17.7 Å². The highest BCUT2D eigenvalue weighted by Crippen LogP contribution is 2.09. The van der Waals surface area contributed by atoms with Crippen molar-refractivity contribution in [3.05, 3.63) is 25.3 Å². The molecule has 4 heteroatoms. The average Bonchev–Trinajstić information content (AvgIpc) is 2.30. The maximum atomic E-state index is 12.0. The minimum absolute atomic E-state index is 0.173. The number of amides is 1. The van der Waals surface area contributed by atoms with Gasteiger partial charge in [0.2, 0.25) is 5.91 Å². The van der Waals surface area contributed by atoms with Crippen LogP contribution in [0.2, 0.25) is 0 Å². The van der Waals surface area contributed by atoms with E-state index in [2.05, 4.69) is 18.1 Å². The van der Waals surface area contributed by atoms with Crippen LogP contribution in [0.5, 0.6) is 0 Å². The fraction of sp³-hybridized carbons (Fsp3) is 0.583. The van der Waals surface area contributed by atoms with Gasteiger partial charge in [-0.3, -0.25) is 9.69 Å². The molecule has 0 aromatic carbocycles. The molecule has 1 heterocycles. The molecule has 3 nitrogen and oxygen atoms in total. The van der Waals surface area contributed by atoms with Crippen LogP contribution in [0.25, 0.3) is 0 Å². The van der Waals surface area contributed by atoms with Gasteiger partial charge >= 0.3 is 0 Å². The topological polar surface area (TPSA) is 23.6 Å². The van der Waals surface area contributed by atoms with Crippen LogP contribution in [0.3, 0.4) is 0 Å². The van der Waals surface area contributed by atoms with Crippen molar-refractivity contribution in [3.8, 4) is 0 Å².